The molecule has 0 fully saturated rings. The maximum atomic E-state index is 11.2. The molecule has 12 nitrogen and oxygen atoms in total. The van der Waals surface area contributed by atoms with Gasteiger partial charge in [0.1, 0.15) is 0 Å². The monoisotopic (exact) mass is 712 g/mol. The second-order valence-corrected chi connectivity index (χ2v) is 8.80. The van der Waals surface area contributed by atoms with Gasteiger partial charge in [-0.25, -0.2) is 0 Å². The van der Waals surface area contributed by atoms with E-state index in [2.05, 4.69) is 17.9 Å². The Balaban J connectivity index is -0.000000381. The fourth-order valence-electron chi connectivity index (χ4n) is 1.62. The summed E-state index contributed by atoms with van der Waals surface area (Å²) in [4.78, 5) is 21.5. The maximum absolute atomic E-state index is 11.2. The van der Waals surface area contributed by atoms with Gasteiger partial charge in [-0.05, 0) is 0 Å². The third-order valence-corrected chi connectivity index (χ3v) is 3.04. The first-order valence-corrected chi connectivity index (χ1v) is 15.1. The zero-order valence-electron chi connectivity index (χ0n) is 17.9. The molecule has 0 heterocycles. The van der Waals surface area contributed by atoms with Gasteiger partial charge in [0.2, 0.25) is 5.91 Å². The van der Waals surface area contributed by atoms with Crippen LogP contribution in [0, 0.1) is 0 Å². The second-order valence-electron chi connectivity index (χ2n) is 5.07. The van der Waals surface area contributed by atoms with Gasteiger partial charge in [-0.1, -0.05) is 0 Å². The first kappa shape index (κ1) is 42.4. The Morgan fingerprint density at radius 3 is 1.44 bits per heavy atom. The molecule has 0 atom stereocenters. The predicted octanol–water partition coefficient (Wildman–Crippen LogP) is 1.97. The van der Waals surface area contributed by atoms with Crippen LogP contribution in [0.5, 0.6) is 0 Å². The van der Waals surface area contributed by atoms with Gasteiger partial charge >= 0.3 is 41.3 Å². The van der Waals surface area contributed by atoms with Gasteiger partial charge in [0.15, 0.2) is 0 Å². The molecule has 0 aromatic heterocycles. The van der Waals surface area contributed by atoms with E-state index in [1.54, 1.807) is 0 Å². The molecule has 0 spiro atoms. The van der Waals surface area contributed by atoms with Crippen molar-refractivity contribution in [2.75, 3.05) is 78.4 Å². The normalized spacial score (nSPS) is 9.47. The van der Waals surface area contributed by atoms with Gasteiger partial charge in [-0.15, -0.1) is 0 Å². The van der Waals surface area contributed by atoms with E-state index in [0.29, 0.717) is 78.4 Å². The number of halogens is 2. The number of hydrogen-bond donors (Lipinski definition) is 3. The zero-order valence-corrected chi connectivity index (χ0v) is 22.6. The van der Waals surface area contributed by atoms with Crippen molar-refractivity contribution in [1.29, 1.82) is 0 Å². The summed E-state index contributed by atoms with van der Waals surface area (Å²) in [6.07, 6.45) is -0.188. The van der Waals surface area contributed by atoms with Gasteiger partial charge in [-0.2, -0.15) is 12.6 Å². The van der Waals surface area contributed by atoms with Crippen LogP contribution in [0.3, 0.4) is 0 Å². The summed E-state index contributed by atoms with van der Waals surface area (Å²) in [5.41, 5.74) is 0. The standard InChI is InChI=1S/C16H31NO8S.2ClH.2H2N.H2O.Pt/c18-15(1-2-16(19)20)17-3-4-21-5-6-22-7-8-23-9-10-24-11-12-25-13-14-26;;;;;;/h26H,1-14H2,(H,17,18)(H,19,20);2*1H;3*1H2;/q;;;2*-1;;+4/p-2. The molecule has 32 heavy (non-hydrogen) atoms. The van der Waals surface area contributed by atoms with E-state index in [1.165, 1.54) is 0 Å². The fourth-order valence-corrected chi connectivity index (χ4v) is 1.75. The van der Waals surface area contributed by atoms with E-state index in [1.807, 2.05) is 0 Å². The van der Waals surface area contributed by atoms with Gasteiger partial charge in [0, 0.05) is 18.7 Å². The number of thiol groups is 1. The van der Waals surface area contributed by atoms with Crippen LogP contribution in [-0.2, 0) is 49.8 Å². The van der Waals surface area contributed by atoms with E-state index in [-0.39, 0.29) is 36.5 Å². The van der Waals surface area contributed by atoms with E-state index in [9.17, 15) is 9.59 Å². The van der Waals surface area contributed by atoms with Crippen LogP contribution >= 0.6 is 31.5 Å². The molecule has 0 aliphatic rings. The number of carbonyl (C=O) groups excluding carboxylic acids is 1. The van der Waals surface area contributed by atoms with Crippen LogP contribution in [-0.4, -0.2) is 101 Å². The number of aliphatic carboxylic acids is 1. The van der Waals surface area contributed by atoms with Gasteiger partial charge in [0.05, 0.1) is 72.5 Å². The molecule has 1 amide bonds. The third-order valence-electron chi connectivity index (χ3n) is 2.86. The molecule has 0 aromatic rings. The summed E-state index contributed by atoms with van der Waals surface area (Å²) < 4.78 is 26.5. The molecule has 16 heteroatoms. The Bertz CT molecular complexity index is 386. The molecular formula is C16H37Cl2N3O9PtS. The first-order chi connectivity index (χ1) is 14.1. The van der Waals surface area contributed by atoms with E-state index >= 15 is 0 Å². The van der Waals surface area contributed by atoms with Crippen molar-refractivity contribution >= 4 is 43.3 Å². The minimum atomic E-state index is -0.987. The van der Waals surface area contributed by atoms with E-state index < -0.39 is 22.5 Å². The fraction of sp³-hybridized carbons (Fsp3) is 0.875. The van der Waals surface area contributed by atoms with E-state index in [4.69, 9.17) is 47.6 Å². The van der Waals surface area contributed by atoms with Crippen molar-refractivity contribution in [2.45, 2.75) is 12.8 Å². The van der Waals surface area contributed by atoms with Crippen molar-refractivity contribution in [3.63, 3.8) is 0 Å². The molecule has 200 valence electrons. The van der Waals surface area contributed by atoms with Crippen molar-refractivity contribution in [3.05, 3.63) is 12.3 Å². The third kappa shape index (κ3) is 44.0. The first-order valence-electron chi connectivity index (χ1n) is 8.88. The summed E-state index contributed by atoms with van der Waals surface area (Å²) in [7, 11) is 9.75. The largest absolute Gasteiger partial charge is 0.693 e. The van der Waals surface area contributed by atoms with Crippen molar-refractivity contribution < 1.29 is 60.3 Å². The molecule has 0 rings (SSSR count). The Morgan fingerprint density at radius 1 is 0.750 bits per heavy atom. The molecule has 0 unspecified atom stereocenters. The molecule has 0 aliphatic carbocycles. The topological polar surface area (TPSA) is 211 Å². The minimum Gasteiger partial charge on any atom is -0.693 e. The van der Waals surface area contributed by atoms with Crippen LogP contribution in [0.25, 0.3) is 12.3 Å². The summed E-state index contributed by atoms with van der Waals surface area (Å²) in [5, 5.41) is 11.0. The van der Waals surface area contributed by atoms with Crippen molar-refractivity contribution in [2.24, 2.45) is 0 Å². The predicted molar refractivity (Wildman–Crippen MR) is 124 cm³/mol. The SMILES string of the molecule is O.O=C(O)CCC(=O)NCCOCCOCCOCCOCCOCCS.[Cl][Pt+2][Cl].[NH2-].[NH2-]. The number of carbonyl (C=O) groups is 2. The van der Waals surface area contributed by atoms with Crippen molar-refractivity contribution in [3.8, 4) is 0 Å². The van der Waals surface area contributed by atoms with Gasteiger partial charge in [0.25, 0.3) is 0 Å². The maximum Gasteiger partial charge on any atom is -0.693 e. The summed E-state index contributed by atoms with van der Waals surface area (Å²) in [6, 6.07) is 0. The molecule has 0 saturated carbocycles. The number of carboxylic acids is 1. The number of nitrogens with two attached hydrogens (primary N) is 2. The van der Waals surface area contributed by atoms with Crippen LogP contribution in [0.4, 0.5) is 0 Å². The number of ether oxygens (including phenoxy) is 5. The average molecular weight is 714 g/mol. The van der Waals surface area contributed by atoms with Crippen LogP contribution in [0.2, 0.25) is 0 Å². The van der Waals surface area contributed by atoms with Crippen LogP contribution in [0.15, 0.2) is 0 Å². The average Bonchev–Trinajstić information content (AvgIpc) is 2.69. The molecule has 0 aliphatic heterocycles. The number of hydrogen-bond acceptors (Lipinski definition) is 8. The second kappa shape index (κ2) is 38.5. The molecular weight excluding hydrogens is 676 g/mol. The Hall–Kier alpha value is 0.238. The zero-order chi connectivity index (χ0) is 22.0. The Kier molecular flexibility index (Phi) is 51.0. The summed E-state index contributed by atoms with van der Waals surface area (Å²) >= 11 is 3.56. The smallest absolute Gasteiger partial charge is 0.693 e. The van der Waals surface area contributed by atoms with Gasteiger partial charge < -0.3 is 51.9 Å². The Morgan fingerprint density at radius 2 is 1.09 bits per heavy atom. The van der Waals surface area contributed by atoms with Crippen LogP contribution in [0.1, 0.15) is 12.8 Å². The summed E-state index contributed by atoms with van der Waals surface area (Å²) in [6.45, 7) is 5.29. The number of amides is 1. The number of carboxylic acid groups (broad SMARTS) is 1. The molecule has 8 N–H and O–H groups in total. The quantitative estimate of drug-likeness (QED) is 0.125. The molecule has 0 bridgehead atoms. The Labute approximate surface area is 211 Å². The number of nitrogens with one attached hydrogen (secondary N) is 1. The molecule has 0 radical (unpaired) electrons. The van der Waals surface area contributed by atoms with E-state index in [0.717, 1.165) is 0 Å². The van der Waals surface area contributed by atoms with Crippen LogP contribution < -0.4 is 5.32 Å². The number of rotatable bonds is 20. The van der Waals surface area contributed by atoms with Gasteiger partial charge in [-0.3, -0.25) is 9.59 Å². The summed E-state index contributed by atoms with van der Waals surface area (Å²) in [5.74, 6) is -0.572. The molecule has 0 saturated heterocycles. The van der Waals surface area contributed by atoms with Crippen molar-refractivity contribution in [1.82, 2.24) is 5.32 Å². The minimum absolute atomic E-state index is 0. The molecule has 0 aromatic carbocycles.